The number of hydrogen-bond donors (Lipinski definition) is 3. The van der Waals surface area contributed by atoms with Crippen LogP contribution in [0.25, 0.3) is 0 Å². The van der Waals surface area contributed by atoms with Gasteiger partial charge in [0, 0.05) is 12.2 Å². The number of benzene rings is 1. The average Bonchev–Trinajstić information content (AvgIpc) is 2.83. The van der Waals surface area contributed by atoms with Gasteiger partial charge in [0.05, 0.1) is 10.6 Å². The molecule has 0 aliphatic rings. The monoisotopic (exact) mass is 350 g/mol. The molecule has 1 aromatic heterocycles. The highest BCUT2D eigenvalue weighted by atomic mass is 32.2. The van der Waals surface area contributed by atoms with E-state index in [1.165, 1.54) is 6.20 Å². The van der Waals surface area contributed by atoms with Crippen LogP contribution in [0.5, 0.6) is 0 Å². The Bertz CT molecular complexity index is 846. The first kappa shape index (κ1) is 18.0. The van der Waals surface area contributed by atoms with Gasteiger partial charge in [0.25, 0.3) is 15.9 Å². The van der Waals surface area contributed by atoms with Crippen molar-refractivity contribution in [2.75, 3.05) is 4.72 Å². The first-order chi connectivity index (χ1) is 11.1. The largest absolute Gasteiger partial charge is 0.348 e. The second-order valence-corrected chi connectivity index (χ2v) is 7.73. The molecule has 0 spiro atoms. The first-order valence-corrected chi connectivity index (χ1v) is 9.05. The Morgan fingerprint density at radius 3 is 2.29 bits per heavy atom. The Balaban J connectivity index is 2.39. The minimum Gasteiger partial charge on any atom is -0.348 e. The number of amides is 1. The van der Waals surface area contributed by atoms with E-state index in [1.54, 1.807) is 13.8 Å². The lowest BCUT2D eigenvalue weighted by Gasteiger charge is -2.14. The summed E-state index contributed by atoms with van der Waals surface area (Å²) >= 11 is 0. The second-order valence-electron chi connectivity index (χ2n) is 6.11. The molecule has 130 valence electrons. The number of rotatable bonds is 5. The zero-order chi connectivity index (χ0) is 18.1. The summed E-state index contributed by atoms with van der Waals surface area (Å²) in [6.45, 7) is 9.03. The Labute approximate surface area is 141 Å². The molecule has 8 heteroatoms. The summed E-state index contributed by atoms with van der Waals surface area (Å²) in [7, 11) is -3.84. The lowest BCUT2D eigenvalue weighted by Crippen LogP contribution is -2.31. The van der Waals surface area contributed by atoms with Crippen molar-refractivity contribution in [3.8, 4) is 0 Å². The van der Waals surface area contributed by atoms with E-state index in [0.717, 1.165) is 5.56 Å². The molecule has 7 nitrogen and oxygen atoms in total. The number of H-pyrrole nitrogens is 1. The van der Waals surface area contributed by atoms with E-state index < -0.39 is 15.9 Å². The zero-order valence-corrected chi connectivity index (χ0v) is 15.2. The van der Waals surface area contributed by atoms with Crippen LogP contribution >= 0.6 is 0 Å². The van der Waals surface area contributed by atoms with E-state index in [-0.39, 0.29) is 22.3 Å². The molecule has 0 saturated carbocycles. The van der Waals surface area contributed by atoms with E-state index in [9.17, 15) is 13.2 Å². The number of aryl methyl sites for hydroxylation is 3. The van der Waals surface area contributed by atoms with Gasteiger partial charge in [-0.2, -0.15) is 5.10 Å². The van der Waals surface area contributed by atoms with Gasteiger partial charge in [-0.1, -0.05) is 17.7 Å². The molecule has 3 N–H and O–H groups in total. The van der Waals surface area contributed by atoms with Gasteiger partial charge >= 0.3 is 0 Å². The summed E-state index contributed by atoms with van der Waals surface area (Å²) in [5.74, 6) is -0.443. The average molecular weight is 350 g/mol. The molecule has 1 heterocycles. The van der Waals surface area contributed by atoms with Crippen LogP contribution in [-0.2, 0) is 10.0 Å². The molecule has 0 atom stereocenters. The highest BCUT2D eigenvalue weighted by Gasteiger charge is 2.24. The smallest absolute Gasteiger partial charge is 0.274 e. The highest BCUT2D eigenvalue weighted by Crippen LogP contribution is 2.25. The Hall–Kier alpha value is -2.35. The van der Waals surface area contributed by atoms with Crippen molar-refractivity contribution in [3.63, 3.8) is 0 Å². The van der Waals surface area contributed by atoms with Crippen LogP contribution in [0.2, 0.25) is 0 Å². The number of anilines is 1. The zero-order valence-electron chi connectivity index (χ0n) is 14.4. The molecule has 1 amide bonds. The quantitative estimate of drug-likeness (QED) is 0.769. The third-order valence-electron chi connectivity index (χ3n) is 3.39. The van der Waals surface area contributed by atoms with Crippen molar-refractivity contribution < 1.29 is 13.2 Å². The maximum Gasteiger partial charge on any atom is 0.274 e. The summed E-state index contributed by atoms with van der Waals surface area (Å²) in [6.07, 6.45) is 1.35. The number of aromatic amines is 1. The van der Waals surface area contributed by atoms with Crippen molar-refractivity contribution in [1.29, 1.82) is 0 Å². The predicted molar refractivity (Wildman–Crippen MR) is 92.7 cm³/mol. The second kappa shape index (κ2) is 6.64. The van der Waals surface area contributed by atoms with Crippen LogP contribution in [0.3, 0.4) is 0 Å². The molecule has 0 unspecified atom stereocenters. The van der Waals surface area contributed by atoms with E-state index in [4.69, 9.17) is 0 Å². The number of nitrogens with zero attached hydrogens (tertiary/aromatic N) is 1. The molecule has 2 aromatic rings. The van der Waals surface area contributed by atoms with E-state index >= 15 is 0 Å². The molecule has 0 aliphatic heterocycles. The number of carbonyl (C=O) groups excluding carboxylic acids is 1. The molecular weight excluding hydrogens is 328 g/mol. The molecule has 0 bridgehead atoms. The maximum atomic E-state index is 12.8. The Morgan fingerprint density at radius 1 is 1.17 bits per heavy atom. The SMILES string of the molecule is Cc1cc(C)c(S(=O)(=O)Nc2c[nH]nc2C(=O)NC(C)C)c(C)c1. The van der Waals surface area contributed by atoms with Gasteiger partial charge < -0.3 is 5.32 Å². The van der Waals surface area contributed by atoms with Crippen LogP contribution in [0.15, 0.2) is 23.2 Å². The normalized spacial score (nSPS) is 11.6. The standard InChI is InChI=1S/C16H22N4O3S/c1-9(2)18-16(21)14-13(8-17-19-14)20-24(22,23)15-11(4)6-10(3)7-12(15)5/h6-9,20H,1-5H3,(H,17,19)(H,18,21). The van der Waals surface area contributed by atoms with Crippen molar-refractivity contribution >= 4 is 21.6 Å². The third kappa shape index (κ3) is 3.76. The molecule has 1 aromatic carbocycles. The number of carbonyl (C=O) groups is 1. The first-order valence-electron chi connectivity index (χ1n) is 7.57. The fraction of sp³-hybridized carbons (Fsp3) is 0.375. The van der Waals surface area contributed by atoms with Crippen LogP contribution in [-0.4, -0.2) is 30.6 Å². The summed E-state index contributed by atoms with van der Waals surface area (Å²) in [5.41, 5.74) is 2.42. The third-order valence-corrected chi connectivity index (χ3v) is 5.06. The van der Waals surface area contributed by atoms with Crippen molar-refractivity contribution in [3.05, 3.63) is 40.7 Å². The lowest BCUT2D eigenvalue weighted by molar-refractivity contribution is 0.0939. The molecule has 0 aliphatic carbocycles. The van der Waals surface area contributed by atoms with Gasteiger partial charge in [0.2, 0.25) is 0 Å². The van der Waals surface area contributed by atoms with Gasteiger partial charge in [-0.15, -0.1) is 0 Å². The van der Waals surface area contributed by atoms with E-state index in [0.29, 0.717) is 11.1 Å². The van der Waals surface area contributed by atoms with E-state index in [1.807, 2.05) is 32.9 Å². The van der Waals surface area contributed by atoms with Gasteiger partial charge in [-0.25, -0.2) is 8.42 Å². The van der Waals surface area contributed by atoms with Crippen molar-refractivity contribution in [2.45, 2.75) is 45.6 Å². The van der Waals surface area contributed by atoms with Crippen LogP contribution in [0.4, 0.5) is 5.69 Å². The van der Waals surface area contributed by atoms with E-state index in [2.05, 4.69) is 20.2 Å². The fourth-order valence-electron chi connectivity index (χ4n) is 2.66. The number of sulfonamides is 1. The molecule has 24 heavy (non-hydrogen) atoms. The maximum absolute atomic E-state index is 12.8. The topological polar surface area (TPSA) is 104 Å². The predicted octanol–water partition coefficient (Wildman–Crippen LogP) is 2.27. The van der Waals surface area contributed by atoms with Crippen molar-refractivity contribution in [2.24, 2.45) is 0 Å². The highest BCUT2D eigenvalue weighted by molar-refractivity contribution is 7.92. The van der Waals surface area contributed by atoms with Gasteiger partial charge in [-0.3, -0.25) is 14.6 Å². The summed E-state index contributed by atoms with van der Waals surface area (Å²) in [4.78, 5) is 12.3. The molecule has 2 rings (SSSR count). The van der Waals surface area contributed by atoms with Gasteiger partial charge in [0.1, 0.15) is 0 Å². The Morgan fingerprint density at radius 2 is 1.75 bits per heavy atom. The minimum atomic E-state index is -3.84. The van der Waals surface area contributed by atoms with Crippen LogP contribution in [0, 0.1) is 20.8 Å². The van der Waals surface area contributed by atoms with Gasteiger partial charge in [0.15, 0.2) is 5.69 Å². The summed E-state index contributed by atoms with van der Waals surface area (Å²) in [5, 5.41) is 9.05. The molecule has 0 fully saturated rings. The summed E-state index contributed by atoms with van der Waals surface area (Å²) in [6, 6.07) is 3.53. The molecule has 0 saturated heterocycles. The number of hydrogen-bond acceptors (Lipinski definition) is 4. The van der Waals surface area contributed by atoms with Crippen LogP contribution in [0.1, 0.15) is 41.0 Å². The Kier molecular flexibility index (Phi) is 4.98. The lowest BCUT2D eigenvalue weighted by atomic mass is 10.1. The number of aromatic nitrogens is 2. The van der Waals surface area contributed by atoms with Crippen molar-refractivity contribution in [1.82, 2.24) is 15.5 Å². The number of nitrogens with one attached hydrogen (secondary N) is 3. The molecule has 0 radical (unpaired) electrons. The van der Waals surface area contributed by atoms with Crippen LogP contribution < -0.4 is 10.0 Å². The van der Waals surface area contributed by atoms with Gasteiger partial charge in [-0.05, 0) is 45.7 Å². The fourth-order valence-corrected chi connectivity index (χ4v) is 4.17. The molecular formula is C16H22N4O3S. The minimum absolute atomic E-state index is 0.00897. The summed E-state index contributed by atoms with van der Waals surface area (Å²) < 4.78 is 28.0.